The summed E-state index contributed by atoms with van der Waals surface area (Å²) in [5.41, 5.74) is 1.85. The fourth-order valence-corrected chi connectivity index (χ4v) is 4.51. The predicted molar refractivity (Wildman–Crippen MR) is 98.2 cm³/mol. The van der Waals surface area contributed by atoms with Gasteiger partial charge in [0, 0.05) is 40.3 Å². The fourth-order valence-electron chi connectivity index (χ4n) is 4.51. The maximum Gasteiger partial charge on any atom is 0.319 e. The molecule has 2 amide bonds. The Hall–Kier alpha value is -1.55. The normalized spacial score (nSPS) is 24.1. The van der Waals surface area contributed by atoms with E-state index in [0.717, 1.165) is 32.5 Å². The highest BCUT2D eigenvalue weighted by Crippen LogP contribution is 2.45. The third kappa shape index (κ3) is 3.59. The summed E-state index contributed by atoms with van der Waals surface area (Å²) in [6.45, 7) is 7.54. The van der Waals surface area contributed by atoms with Gasteiger partial charge >= 0.3 is 6.03 Å². The molecule has 2 aliphatic rings. The fraction of sp³-hybridized carbons (Fsp3) is 0.650. The lowest BCUT2D eigenvalue weighted by Gasteiger charge is -2.50. The number of amides is 2. The number of nitrogens with zero attached hydrogens (tertiary/aromatic N) is 3. The molecule has 1 aromatic rings. The van der Waals surface area contributed by atoms with E-state index in [-0.39, 0.29) is 6.03 Å². The van der Waals surface area contributed by atoms with Gasteiger partial charge in [0.1, 0.15) is 0 Å². The number of piperidine rings is 2. The minimum atomic E-state index is 0.160. The molecule has 4 heteroatoms. The van der Waals surface area contributed by atoms with Crippen LogP contribution in [-0.2, 0) is 0 Å². The van der Waals surface area contributed by atoms with Crippen LogP contribution in [0.15, 0.2) is 30.3 Å². The van der Waals surface area contributed by atoms with Crippen molar-refractivity contribution < 1.29 is 4.79 Å². The van der Waals surface area contributed by atoms with Crippen molar-refractivity contribution in [1.29, 1.82) is 0 Å². The molecule has 132 valence electrons. The summed E-state index contributed by atoms with van der Waals surface area (Å²) in [4.78, 5) is 18.6. The van der Waals surface area contributed by atoms with Crippen molar-refractivity contribution in [3.8, 4) is 0 Å². The average Bonchev–Trinajstić information content (AvgIpc) is 2.62. The second-order valence-electron chi connectivity index (χ2n) is 7.80. The molecule has 0 saturated carbocycles. The molecule has 24 heavy (non-hydrogen) atoms. The largest absolute Gasteiger partial charge is 0.331 e. The zero-order chi connectivity index (χ0) is 17.2. The number of hydrogen-bond acceptors (Lipinski definition) is 2. The van der Waals surface area contributed by atoms with E-state index < -0.39 is 0 Å². The van der Waals surface area contributed by atoms with Gasteiger partial charge in [-0.3, -0.25) is 0 Å². The zero-order valence-corrected chi connectivity index (χ0v) is 15.4. The second-order valence-corrected chi connectivity index (χ2v) is 7.80. The van der Waals surface area contributed by atoms with Crippen LogP contribution < -0.4 is 0 Å². The van der Waals surface area contributed by atoms with Gasteiger partial charge in [0.2, 0.25) is 0 Å². The number of rotatable bonds is 2. The number of hydrogen-bond donors (Lipinski definition) is 0. The number of likely N-dealkylation sites (N-methyl/N-ethyl adjacent to an activating group) is 1. The maximum atomic E-state index is 12.2. The van der Waals surface area contributed by atoms with E-state index in [9.17, 15) is 4.79 Å². The summed E-state index contributed by atoms with van der Waals surface area (Å²) in [5, 5.41) is 0. The Morgan fingerprint density at radius 1 is 1.21 bits per heavy atom. The predicted octanol–water partition coefficient (Wildman–Crippen LogP) is 3.26. The van der Waals surface area contributed by atoms with Crippen LogP contribution in [-0.4, -0.2) is 67.5 Å². The van der Waals surface area contributed by atoms with E-state index in [1.54, 1.807) is 4.90 Å². The number of urea groups is 1. The molecule has 2 fully saturated rings. The Kier molecular flexibility index (Phi) is 5.14. The van der Waals surface area contributed by atoms with Gasteiger partial charge in [0.25, 0.3) is 0 Å². The van der Waals surface area contributed by atoms with E-state index >= 15 is 0 Å². The molecule has 0 aliphatic carbocycles. The summed E-state index contributed by atoms with van der Waals surface area (Å²) in [6.07, 6.45) is 3.52. The van der Waals surface area contributed by atoms with Crippen LogP contribution in [0.3, 0.4) is 0 Å². The molecule has 3 rings (SSSR count). The summed E-state index contributed by atoms with van der Waals surface area (Å²) in [6, 6.07) is 11.1. The van der Waals surface area contributed by atoms with E-state index in [4.69, 9.17) is 0 Å². The van der Waals surface area contributed by atoms with Crippen molar-refractivity contribution in [2.45, 2.75) is 32.1 Å². The first kappa shape index (κ1) is 17.3. The van der Waals surface area contributed by atoms with Crippen LogP contribution in [0, 0.1) is 5.41 Å². The lowest BCUT2D eigenvalue weighted by Crippen LogP contribution is -2.53. The van der Waals surface area contributed by atoms with E-state index in [0.29, 0.717) is 11.3 Å². The third-order valence-corrected chi connectivity index (χ3v) is 5.91. The molecule has 1 atom stereocenters. The van der Waals surface area contributed by atoms with Crippen LogP contribution >= 0.6 is 0 Å². The van der Waals surface area contributed by atoms with E-state index in [1.807, 2.05) is 19.0 Å². The molecule has 4 nitrogen and oxygen atoms in total. The van der Waals surface area contributed by atoms with E-state index in [2.05, 4.69) is 42.2 Å². The SMILES string of the molecule is CCN1CC(c2ccccc2)CC2(CCN(C(=O)N(C)C)CC2)C1. The molecule has 1 aromatic carbocycles. The molecule has 0 radical (unpaired) electrons. The highest BCUT2D eigenvalue weighted by Gasteiger charge is 2.42. The minimum absolute atomic E-state index is 0.160. The Labute approximate surface area is 146 Å². The topological polar surface area (TPSA) is 26.8 Å². The van der Waals surface area contributed by atoms with Gasteiger partial charge in [-0.1, -0.05) is 37.3 Å². The number of carbonyl (C=O) groups is 1. The second kappa shape index (κ2) is 7.14. The van der Waals surface area contributed by atoms with Gasteiger partial charge < -0.3 is 14.7 Å². The van der Waals surface area contributed by atoms with Crippen molar-refractivity contribution in [1.82, 2.24) is 14.7 Å². The zero-order valence-electron chi connectivity index (χ0n) is 15.4. The Morgan fingerprint density at radius 2 is 1.88 bits per heavy atom. The van der Waals surface area contributed by atoms with Gasteiger partial charge in [-0.2, -0.15) is 0 Å². The van der Waals surface area contributed by atoms with Crippen LogP contribution in [0.5, 0.6) is 0 Å². The van der Waals surface area contributed by atoms with Crippen molar-refractivity contribution in [2.75, 3.05) is 46.8 Å². The number of likely N-dealkylation sites (tertiary alicyclic amines) is 2. The van der Waals surface area contributed by atoms with Gasteiger partial charge in [0.05, 0.1) is 0 Å². The van der Waals surface area contributed by atoms with Crippen LogP contribution in [0.4, 0.5) is 4.79 Å². The highest BCUT2D eigenvalue weighted by molar-refractivity contribution is 5.73. The van der Waals surface area contributed by atoms with Gasteiger partial charge in [-0.05, 0) is 42.7 Å². The molecule has 2 aliphatic heterocycles. The Bertz CT molecular complexity index is 549. The Morgan fingerprint density at radius 3 is 2.46 bits per heavy atom. The van der Waals surface area contributed by atoms with Crippen LogP contribution in [0.25, 0.3) is 0 Å². The lowest BCUT2D eigenvalue weighted by molar-refractivity contribution is 0.0222. The van der Waals surface area contributed by atoms with Crippen molar-refractivity contribution in [3.63, 3.8) is 0 Å². The van der Waals surface area contributed by atoms with Gasteiger partial charge in [-0.25, -0.2) is 4.79 Å². The summed E-state index contributed by atoms with van der Waals surface area (Å²) < 4.78 is 0. The molecule has 1 unspecified atom stereocenters. The average molecular weight is 329 g/mol. The highest BCUT2D eigenvalue weighted by atomic mass is 16.2. The first-order valence-corrected chi connectivity index (χ1v) is 9.26. The smallest absolute Gasteiger partial charge is 0.319 e. The van der Waals surface area contributed by atoms with Gasteiger partial charge in [-0.15, -0.1) is 0 Å². The monoisotopic (exact) mass is 329 g/mol. The third-order valence-electron chi connectivity index (χ3n) is 5.91. The molecule has 0 aromatic heterocycles. The quantitative estimate of drug-likeness (QED) is 0.833. The Balaban J connectivity index is 1.72. The van der Waals surface area contributed by atoms with Crippen molar-refractivity contribution in [3.05, 3.63) is 35.9 Å². The minimum Gasteiger partial charge on any atom is -0.331 e. The number of benzene rings is 1. The molecule has 0 N–H and O–H groups in total. The molecular formula is C20H31N3O. The molecular weight excluding hydrogens is 298 g/mol. The molecule has 2 heterocycles. The molecule has 0 bridgehead atoms. The lowest BCUT2D eigenvalue weighted by atomic mass is 9.68. The first-order valence-electron chi connectivity index (χ1n) is 9.26. The van der Waals surface area contributed by atoms with Gasteiger partial charge in [0.15, 0.2) is 0 Å². The standard InChI is InChI=1S/C20H31N3O/c1-4-22-15-18(17-8-6-5-7-9-17)14-20(16-22)10-12-23(13-11-20)19(24)21(2)3/h5-9,18H,4,10-16H2,1-3H3. The van der Waals surface area contributed by atoms with Crippen LogP contribution in [0.1, 0.15) is 37.7 Å². The summed E-state index contributed by atoms with van der Waals surface area (Å²) in [5.74, 6) is 0.621. The van der Waals surface area contributed by atoms with Crippen molar-refractivity contribution in [2.24, 2.45) is 5.41 Å². The first-order chi connectivity index (χ1) is 11.5. The van der Waals surface area contributed by atoms with Crippen LogP contribution in [0.2, 0.25) is 0 Å². The summed E-state index contributed by atoms with van der Waals surface area (Å²) in [7, 11) is 3.69. The molecule has 2 saturated heterocycles. The molecule has 1 spiro atoms. The number of carbonyl (C=O) groups excluding carboxylic acids is 1. The van der Waals surface area contributed by atoms with E-state index in [1.165, 1.54) is 25.1 Å². The summed E-state index contributed by atoms with van der Waals surface area (Å²) >= 11 is 0. The van der Waals surface area contributed by atoms with Crippen molar-refractivity contribution >= 4 is 6.03 Å². The maximum absolute atomic E-state index is 12.2.